The fraction of sp³-hybridized carbons (Fsp3) is 0.385. The molecule has 0 saturated heterocycles. The highest BCUT2D eigenvalue weighted by Crippen LogP contribution is 2.19. The second-order valence-electron chi connectivity index (χ2n) is 4.51. The second kappa shape index (κ2) is 6.25. The first kappa shape index (κ1) is 14.1. The SMILES string of the molecule is CCC(C)NCc1nc(-c2ccc([N+](=O)[O-])cc2)no1. The van der Waals surface area contributed by atoms with Crippen molar-refractivity contribution >= 4 is 5.69 Å². The fourth-order valence-corrected chi connectivity index (χ4v) is 1.58. The lowest BCUT2D eigenvalue weighted by Gasteiger charge is -2.07. The second-order valence-corrected chi connectivity index (χ2v) is 4.51. The van der Waals surface area contributed by atoms with Crippen LogP contribution >= 0.6 is 0 Å². The Bertz CT molecular complexity index is 580. The van der Waals surface area contributed by atoms with E-state index < -0.39 is 4.92 Å². The van der Waals surface area contributed by atoms with Gasteiger partial charge in [0.25, 0.3) is 5.69 Å². The number of nitrogens with zero attached hydrogens (tertiary/aromatic N) is 3. The lowest BCUT2D eigenvalue weighted by Crippen LogP contribution is -2.24. The molecule has 2 rings (SSSR count). The van der Waals surface area contributed by atoms with Crippen LogP contribution in [0.4, 0.5) is 5.69 Å². The van der Waals surface area contributed by atoms with E-state index in [-0.39, 0.29) is 5.69 Å². The van der Waals surface area contributed by atoms with Crippen molar-refractivity contribution in [3.8, 4) is 11.4 Å². The Labute approximate surface area is 116 Å². The van der Waals surface area contributed by atoms with Crippen LogP contribution < -0.4 is 5.32 Å². The van der Waals surface area contributed by atoms with Crippen LogP contribution in [0.25, 0.3) is 11.4 Å². The maximum atomic E-state index is 10.6. The van der Waals surface area contributed by atoms with Crippen LogP contribution in [0.5, 0.6) is 0 Å². The molecular formula is C13H16N4O3. The number of aromatic nitrogens is 2. The molecule has 0 saturated carbocycles. The number of hydrogen-bond donors (Lipinski definition) is 1. The molecule has 1 heterocycles. The van der Waals surface area contributed by atoms with Gasteiger partial charge in [-0.15, -0.1) is 0 Å². The summed E-state index contributed by atoms with van der Waals surface area (Å²) < 4.78 is 5.13. The van der Waals surface area contributed by atoms with Crippen molar-refractivity contribution in [1.82, 2.24) is 15.5 Å². The highest BCUT2D eigenvalue weighted by atomic mass is 16.6. The maximum absolute atomic E-state index is 10.6. The van der Waals surface area contributed by atoms with Crippen molar-refractivity contribution in [2.45, 2.75) is 32.9 Å². The first-order chi connectivity index (χ1) is 9.60. The summed E-state index contributed by atoms with van der Waals surface area (Å²) in [5, 5.41) is 17.7. The molecule has 0 aliphatic rings. The van der Waals surface area contributed by atoms with Gasteiger partial charge in [0, 0.05) is 23.7 Å². The molecule has 0 radical (unpaired) electrons. The van der Waals surface area contributed by atoms with Crippen molar-refractivity contribution in [3.63, 3.8) is 0 Å². The molecule has 7 nitrogen and oxygen atoms in total. The van der Waals surface area contributed by atoms with Crippen LogP contribution in [-0.4, -0.2) is 21.1 Å². The zero-order chi connectivity index (χ0) is 14.5. The van der Waals surface area contributed by atoms with E-state index in [1.165, 1.54) is 12.1 Å². The van der Waals surface area contributed by atoms with Gasteiger partial charge in [0.15, 0.2) is 0 Å². The summed E-state index contributed by atoms with van der Waals surface area (Å²) in [6.45, 7) is 4.68. The summed E-state index contributed by atoms with van der Waals surface area (Å²) in [6.07, 6.45) is 1.02. The van der Waals surface area contributed by atoms with Gasteiger partial charge in [-0.2, -0.15) is 4.98 Å². The van der Waals surface area contributed by atoms with Crippen molar-refractivity contribution < 1.29 is 9.45 Å². The first-order valence-corrected chi connectivity index (χ1v) is 6.41. The standard InChI is InChI=1S/C13H16N4O3/c1-3-9(2)14-8-12-15-13(16-20-12)10-4-6-11(7-5-10)17(18)19/h4-7,9,14H,3,8H2,1-2H3. The third-order valence-corrected chi connectivity index (χ3v) is 3.02. The topological polar surface area (TPSA) is 94.1 Å². The quantitative estimate of drug-likeness (QED) is 0.643. The van der Waals surface area contributed by atoms with E-state index >= 15 is 0 Å². The van der Waals surface area contributed by atoms with Crippen LogP contribution in [0, 0.1) is 10.1 Å². The first-order valence-electron chi connectivity index (χ1n) is 6.41. The van der Waals surface area contributed by atoms with Crippen molar-refractivity contribution in [3.05, 3.63) is 40.3 Å². The van der Waals surface area contributed by atoms with E-state index in [4.69, 9.17) is 4.52 Å². The molecule has 0 amide bonds. The van der Waals surface area contributed by atoms with Gasteiger partial charge in [-0.3, -0.25) is 10.1 Å². The molecule has 106 valence electrons. The number of hydrogen-bond acceptors (Lipinski definition) is 6. The third kappa shape index (κ3) is 3.39. The summed E-state index contributed by atoms with van der Waals surface area (Å²) >= 11 is 0. The molecule has 1 atom stereocenters. The number of nitro groups is 1. The molecule has 0 aliphatic carbocycles. The minimum Gasteiger partial charge on any atom is -0.338 e. The normalized spacial score (nSPS) is 12.3. The van der Waals surface area contributed by atoms with Crippen LogP contribution in [0.3, 0.4) is 0 Å². The Morgan fingerprint density at radius 1 is 1.40 bits per heavy atom. The van der Waals surface area contributed by atoms with Crippen LogP contribution in [0.2, 0.25) is 0 Å². The fourth-order valence-electron chi connectivity index (χ4n) is 1.58. The van der Waals surface area contributed by atoms with Gasteiger partial charge in [0.1, 0.15) is 0 Å². The Morgan fingerprint density at radius 2 is 2.10 bits per heavy atom. The van der Waals surface area contributed by atoms with Gasteiger partial charge in [0.05, 0.1) is 11.5 Å². The summed E-state index contributed by atoms with van der Waals surface area (Å²) in [6, 6.07) is 6.43. The van der Waals surface area contributed by atoms with Gasteiger partial charge in [0.2, 0.25) is 11.7 Å². The van der Waals surface area contributed by atoms with E-state index in [1.54, 1.807) is 12.1 Å². The minimum atomic E-state index is -0.443. The molecule has 1 unspecified atom stereocenters. The molecular weight excluding hydrogens is 260 g/mol. The summed E-state index contributed by atoms with van der Waals surface area (Å²) in [5.74, 6) is 0.930. The van der Waals surface area contributed by atoms with Crippen molar-refractivity contribution in [2.24, 2.45) is 0 Å². The van der Waals surface area contributed by atoms with Crippen molar-refractivity contribution in [1.29, 1.82) is 0 Å². The van der Waals surface area contributed by atoms with E-state index in [2.05, 4.69) is 29.3 Å². The average molecular weight is 276 g/mol. The maximum Gasteiger partial charge on any atom is 0.269 e. The lowest BCUT2D eigenvalue weighted by atomic mass is 10.2. The molecule has 0 bridgehead atoms. The Hall–Kier alpha value is -2.28. The zero-order valence-electron chi connectivity index (χ0n) is 11.4. The number of nitrogens with one attached hydrogen (secondary N) is 1. The van der Waals surface area contributed by atoms with E-state index in [9.17, 15) is 10.1 Å². The lowest BCUT2D eigenvalue weighted by molar-refractivity contribution is -0.384. The monoisotopic (exact) mass is 276 g/mol. The van der Waals surface area contributed by atoms with Crippen LogP contribution in [-0.2, 0) is 6.54 Å². The number of non-ortho nitro benzene ring substituents is 1. The zero-order valence-corrected chi connectivity index (χ0v) is 11.4. The number of benzene rings is 1. The third-order valence-electron chi connectivity index (χ3n) is 3.02. The molecule has 1 N–H and O–H groups in total. The van der Waals surface area contributed by atoms with E-state index in [0.717, 1.165) is 6.42 Å². The Kier molecular flexibility index (Phi) is 4.41. The van der Waals surface area contributed by atoms with Crippen LogP contribution in [0.1, 0.15) is 26.2 Å². The predicted octanol–water partition coefficient (Wildman–Crippen LogP) is 2.53. The molecule has 0 spiro atoms. The van der Waals surface area contributed by atoms with Crippen LogP contribution in [0.15, 0.2) is 28.8 Å². The smallest absolute Gasteiger partial charge is 0.269 e. The Morgan fingerprint density at radius 3 is 2.70 bits per heavy atom. The highest BCUT2D eigenvalue weighted by Gasteiger charge is 2.11. The van der Waals surface area contributed by atoms with Crippen molar-refractivity contribution in [2.75, 3.05) is 0 Å². The largest absolute Gasteiger partial charge is 0.338 e. The predicted molar refractivity (Wildman–Crippen MR) is 73.0 cm³/mol. The van der Waals surface area contributed by atoms with Gasteiger partial charge >= 0.3 is 0 Å². The summed E-state index contributed by atoms with van der Waals surface area (Å²) in [7, 11) is 0. The minimum absolute atomic E-state index is 0.0379. The highest BCUT2D eigenvalue weighted by molar-refractivity contribution is 5.56. The summed E-state index contributed by atoms with van der Waals surface area (Å²) in [4.78, 5) is 14.4. The summed E-state index contributed by atoms with van der Waals surface area (Å²) in [5.41, 5.74) is 0.727. The molecule has 1 aromatic carbocycles. The molecule has 20 heavy (non-hydrogen) atoms. The molecule has 0 aliphatic heterocycles. The molecule has 2 aromatic rings. The number of rotatable bonds is 6. The van der Waals surface area contributed by atoms with Gasteiger partial charge in [-0.05, 0) is 25.5 Å². The van der Waals surface area contributed by atoms with E-state index in [1.807, 2.05) is 0 Å². The Balaban J connectivity index is 2.06. The van der Waals surface area contributed by atoms with E-state index in [0.29, 0.717) is 29.9 Å². The molecule has 1 aromatic heterocycles. The average Bonchev–Trinajstić information content (AvgIpc) is 2.93. The van der Waals surface area contributed by atoms with Gasteiger partial charge in [-0.25, -0.2) is 0 Å². The molecule has 7 heteroatoms. The molecule has 0 fully saturated rings. The van der Waals surface area contributed by atoms with Gasteiger partial charge < -0.3 is 9.84 Å². The van der Waals surface area contributed by atoms with Gasteiger partial charge in [-0.1, -0.05) is 12.1 Å². The number of nitro benzene ring substituents is 1.